The molecule has 6 heteroatoms. The van der Waals surface area contributed by atoms with E-state index in [2.05, 4.69) is 35.1 Å². The number of aromatic nitrogens is 3. The molecule has 0 aliphatic carbocycles. The van der Waals surface area contributed by atoms with Crippen LogP contribution < -0.4 is 4.90 Å². The standard InChI is InChI=1S/C20H26N4O2/c1-13-7-14(2)24(22-13)9-15-3-4-19(21-8-15)23-10-17-16(11-25)18-5-6-20(17,12-23)26-18/h3-4,7-8,16-18,25H,5-6,9-12H2,1-2H3/t16-,17+,18+,20+/m1/s1. The zero-order valence-electron chi connectivity index (χ0n) is 15.4. The van der Waals surface area contributed by atoms with Crippen LogP contribution in [0.4, 0.5) is 5.82 Å². The molecule has 0 saturated carbocycles. The second-order valence-corrected chi connectivity index (χ2v) is 8.20. The molecule has 3 aliphatic heterocycles. The van der Waals surface area contributed by atoms with Gasteiger partial charge in [0.1, 0.15) is 5.82 Å². The van der Waals surface area contributed by atoms with Gasteiger partial charge in [-0.25, -0.2) is 4.98 Å². The van der Waals surface area contributed by atoms with Gasteiger partial charge in [-0.1, -0.05) is 6.07 Å². The van der Waals surface area contributed by atoms with E-state index in [9.17, 15) is 5.11 Å². The summed E-state index contributed by atoms with van der Waals surface area (Å²) < 4.78 is 8.33. The molecule has 3 saturated heterocycles. The molecular formula is C20H26N4O2. The molecule has 5 rings (SSSR count). The highest BCUT2D eigenvalue weighted by Gasteiger charge is 2.62. The number of aliphatic hydroxyl groups excluding tert-OH is 1. The average molecular weight is 354 g/mol. The van der Waals surface area contributed by atoms with E-state index in [1.807, 2.05) is 17.8 Å². The van der Waals surface area contributed by atoms with Crippen LogP contribution in [0.1, 0.15) is 29.8 Å². The van der Waals surface area contributed by atoms with Gasteiger partial charge < -0.3 is 14.7 Å². The first-order valence-electron chi connectivity index (χ1n) is 9.57. The Hall–Kier alpha value is -1.92. The third-order valence-corrected chi connectivity index (χ3v) is 6.56. The molecule has 0 amide bonds. The summed E-state index contributed by atoms with van der Waals surface area (Å²) in [7, 11) is 0. The third-order valence-electron chi connectivity index (χ3n) is 6.56. The van der Waals surface area contributed by atoms with Gasteiger partial charge >= 0.3 is 0 Å². The van der Waals surface area contributed by atoms with Gasteiger partial charge in [-0.05, 0) is 44.4 Å². The minimum atomic E-state index is -0.0535. The molecule has 26 heavy (non-hydrogen) atoms. The zero-order valence-corrected chi connectivity index (χ0v) is 15.4. The number of hydrogen-bond donors (Lipinski definition) is 1. The largest absolute Gasteiger partial charge is 0.396 e. The number of aryl methyl sites for hydroxylation is 2. The molecule has 6 nitrogen and oxygen atoms in total. The number of ether oxygens (including phenoxy) is 1. The molecule has 0 aromatic carbocycles. The lowest BCUT2D eigenvalue weighted by molar-refractivity contribution is 0.0128. The van der Waals surface area contributed by atoms with Crippen LogP contribution in [0.2, 0.25) is 0 Å². The van der Waals surface area contributed by atoms with Crippen molar-refractivity contribution >= 4 is 5.82 Å². The number of fused-ring (bicyclic) bond motifs is 1. The van der Waals surface area contributed by atoms with Crippen molar-refractivity contribution in [1.29, 1.82) is 0 Å². The van der Waals surface area contributed by atoms with Crippen LogP contribution in [-0.2, 0) is 11.3 Å². The van der Waals surface area contributed by atoms with Crippen LogP contribution in [0.15, 0.2) is 24.4 Å². The Kier molecular flexibility index (Phi) is 3.62. The van der Waals surface area contributed by atoms with Crippen molar-refractivity contribution in [2.24, 2.45) is 11.8 Å². The third kappa shape index (κ3) is 2.39. The van der Waals surface area contributed by atoms with Crippen molar-refractivity contribution in [3.8, 4) is 0 Å². The van der Waals surface area contributed by atoms with Crippen LogP contribution in [0.5, 0.6) is 0 Å². The summed E-state index contributed by atoms with van der Waals surface area (Å²) in [5.41, 5.74) is 3.31. The lowest BCUT2D eigenvalue weighted by atomic mass is 9.74. The zero-order chi connectivity index (χ0) is 17.9. The lowest BCUT2D eigenvalue weighted by Gasteiger charge is -2.27. The van der Waals surface area contributed by atoms with Crippen molar-refractivity contribution in [2.75, 3.05) is 24.6 Å². The maximum atomic E-state index is 9.77. The van der Waals surface area contributed by atoms with E-state index in [0.717, 1.165) is 49.6 Å². The average Bonchev–Trinajstić information content (AvgIpc) is 3.35. The van der Waals surface area contributed by atoms with E-state index >= 15 is 0 Å². The van der Waals surface area contributed by atoms with Gasteiger partial charge in [0.2, 0.25) is 0 Å². The topological polar surface area (TPSA) is 63.4 Å². The fourth-order valence-corrected chi connectivity index (χ4v) is 5.31. The summed E-state index contributed by atoms with van der Waals surface area (Å²) >= 11 is 0. The van der Waals surface area contributed by atoms with Crippen LogP contribution in [-0.4, -0.2) is 51.3 Å². The summed E-state index contributed by atoms with van der Waals surface area (Å²) in [5.74, 6) is 1.73. The van der Waals surface area contributed by atoms with E-state index in [-0.39, 0.29) is 18.3 Å². The summed E-state index contributed by atoms with van der Waals surface area (Å²) in [6.07, 6.45) is 4.43. The Bertz CT molecular complexity index is 818. The van der Waals surface area contributed by atoms with E-state index in [4.69, 9.17) is 9.72 Å². The monoisotopic (exact) mass is 354 g/mol. The second kappa shape index (κ2) is 5.79. The van der Waals surface area contributed by atoms with Crippen LogP contribution in [0, 0.1) is 25.7 Å². The molecule has 3 aliphatic rings. The maximum Gasteiger partial charge on any atom is 0.128 e. The number of nitrogens with zero attached hydrogens (tertiary/aromatic N) is 4. The van der Waals surface area contributed by atoms with Gasteiger partial charge in [-0.3, -0.25) is 4.68 Å². The molecule has 2 aromatic rings. The van der Waals surface area contributed by atoms with Crippen molar-refractivity contribution in [3.63, 3.8) is 0 Å². The molecule has 0 radical (unpaired) electrons. The fourth-order valence-electron chi connectivity index (χ4n) is 5.31. The van der Waals surface area contributed by atoms with Gasteiger partial charge in [0.05, 0.1) is 23.9 Å². The molecule has 0 unspecified atom stereocenters. The van der Waals surface area contributed by atoms with Gasteiger partial charge in [0, 0.05) is 43.4 Å². The maximum absolute atomic E-state index is 9.77. The molecule has 4 atom stereocenters. The SMILES string of the molecule is Cc1cc(C)n(Cc2ccc(N3C[C@H]4[C@@H](CO)[C@@H]5CC[C@@]4(C3)O5)nc2)n1. The van der Waals surface area contributed by atoms with E-state index in [1.165, 1.54) is 5.69 Å². The van der Waals surface area contributed by atoms with Gasteiger partial charge in [-0.15, -0.1) is 0 Å². The number of hydrogen-bond acceptors (Lipinski definition) is 5. The molecule has 2 aromatic heterocycles. The number of aliphatic hydroxyl groups is 1. The number of anilines is 1. The van der Waals surface area contributed by atoms with E-state index < -0.39 is 0 Å². The normalized spacial score (nSPS) is 32.4. The summed E-state index contributed by atoms with van der Waals surface area (Å²) in [4.78, 5) is 7.05. The summed E-state index contributed by atoms with van der Waals surface area (Å²) in [6, 6.07) is 6.35. The fraction of sp³-hybridized carbons (Fsp3) is 0.600. The molecule has 3 fully saturated rings. The highest BCUT2D eigenvalue weighted by molar-refractivity contribution is 5.43. The highest BCUT2D eigenvalue weighted by atomic mass is 16.5. The molecule has 138 valence electrons. The minimum Gasteiger partial charge on any atom is -0.396 e. The first-order chi connectivity index (χ1) is 12.6. The van der Waals surface area contributed by atoms with Crippen molar-refractivity contribution in [3.05, 3.63) is 41.3 Å². The Morgan fingerprint density at radius 3 is 2.92 bits per heavy atom. The molecule has 1 N–H and O–H groups in total. The predicted octanol–water partition coefficient (Wildman–Crippen LogP) is 1.92. The Balaban J connectivity index is 1.32. The van der Waals surface area contributed by atoms with Crippen molar-refractivity contribution in [2.45, 2.75) is 44.9 Å². The van der Waals surface area contributed by atoms with Crippen LogP contribution in [0.3, 0.4) is 0 Å². The number of rotatable bonds is 4. The van der Waals surface area contributed by atoms with Crippen LogP contribution in [0.25, 0.3) is 0 Å². The van der Waals surface area contributed by atoms with E-state index in [1.54, 1.807) is 0 Å². The summed E-state index contributed by atoms with van der Waals surface area (Å²) in [6.45, 7) is 6.91. The molecular weight excluding hydrogens is 328 g/mol. The van der Waals surface area contributed by atoms with Crippen LogP contribution >= 0.6 is 0 Å². The smallest absolute Gasteiger partial charge is 0.128 e. The Morgan fingerprint density at radius 1 is 1.35 bits per heavy atom. The second-order valence-electron chi connectivity index (χ2n) is 8.20. The predicted molar refractivity (Wildman–Crippen MR) is 98.2 cm³/mol. The quantitative estimate of drug-likeness (QED) is 0.909. The molecule has 2 bridgehead atoms. The van der Waals surface area contributed by atoms with E-state index in [0.29, 0.717) is 11.8 Å². The first-order valence-corrected chi connectivity index (χ1v) is 9.57. The highest BCUT2D eigenvalue weighted by Crippen LogP contribution is 2.55. The first kappa shape index (κ1) is 16.3. The van der Waals surface area contributed by atoms with Gasteiger partial charge in [-0.2, -0.15) is 5.10 Å². The summed E-state index contributed by atoms with van der Waals surface area (Å²) in [5, 5.41) is 14.3. The van der Waals surface area contributed by atoms with Crippen molar-refractivity contribution in [1.82, 2.24) is 14.8 Å². The number of pyridine rings is 1. The molecule has 5 heterocycles. The minimum absolute atomic E-state index is 0.0535. The Labute approximate surface area is 153 Å². The van der Waals surface area contributed by atoms with Gasteiger partial charge in [0.25, 0.3) is 0 Å². The van der Waals surface area contributed by atoms with Crippen molar-refractivity contribution < 1.29 is 9.84 Å². The van der Waals surface area contributed by atoms with Gasteiger partial charge in [0.15, 0.2) is 0 Å². The molecule has 1 spiro atoms. The lowest BCUT2D eigenvalue weighted by Crippen LogP contribution is -2.37. The Morgan fingerprint density at radius 2 is 2.23 bits per heavy atom.